The molecule has 2 aromatic rings. The van der Waals surface area contributed by atoms with Gasteiger partial charge < -0.3 is 0 Å². The van der Waals surface area contributed by atoms with Crippen molar-refractivity contribution >= 4 is 0 Å². The lowest BCUT2D eigenvalue weighted by molar-refractivity contribution is 0.155. The second kappa shape index (κ2) is 21.0. The van der Waals surface area contributed by atoms with Gasteiger partial charge in [-0.2, -0.15) is 0 Å². The minimum atomic E-state index is 0.729. The van der Waals surface area contributed by atoms with E-state index in [-0.39, 0.29) is 0 Å². The number of pyridine rings is 2. The summed E-state index contributed by atoms with van der Waals surface area (Å²) in [5, 5.41) is 0. The third-order valence-electron chi connectivity index (χ3n) is 13.9. The van der Waals surface area contributed by atoms with Gasteiger partial charge in [0.25, 0.3) is 0 Å². The van der Waals surface area contributed by atoms with E-state index in [0.717, 1.165) is 47.3 Å². The molecule has 4 fully saturated rings. The minimum Gasteiger partial charge on any atom is -0.261 e. The van der Waals surface area contributed by atoms with Crippen molar-refractivity contribution in [3.05, 3.63) is 59.2 Å². The van der Waals surface area contributed by atoms with Gasteiger partial charge in [-0.1, -0.05) is 110 Å². The molecule has 0 aromatic carbocycles. The maximum absolute atomic E-state index is 4.80. The third-order valence-corrected chi connectivity index (χ3v) is 13.9. The second-order valence-electron chi connectivity index (χ2n) is 17.4. The highest BCUT2D eigenvalue weighted by Crippen LogP contribution is 2.45. The molecular formula is C47H76N2. The van der Waals surface area contributed by atoms with Crippen LogP contribution in [0.3, 0.4) is 0 Å². The molecule has 0 radical (unpaired) electrons. The average Bonchev–Trinajstić information content (AvgIpc) is 3.16. The Kier molecular flexibility index (Phi) is 16.5. The summed E-state index contributed by atoms with van der Waals surface area (Å²) in [4.78, 5) is 9.59. The average molecular weight is 669 g/mol. The number of unbranched alkanes of at least 4 members (excludes halogenated alkanes) is 1. The number of hydrogen-bond donors (Lipinski definition) is 0. The lowest BCUT2D eigenvalue weighted by atomic mass is 9.68. The fourth-order valence-corrected chi connectivity index (χ4v) is 10.8. The fraction of sp³-hybridized carbons (Fsp3) is 0.787. The molecule has 0 bridgehead atoms. The van der Waals surface area contributed by atoms with Crippen LogP contribution < -0.4 is 0 Å². The minimum absolute atomic E-state index is 0.729. The molecule has 6 rings (SSSR count). The van der Waals surface area contributed by atoms with Gasteiger partial charge in [0.2, 0.25) is 0 Å². The SMILES string of the molecule is CCCC[C@H]1CC[C@H](C2CCC(c3ccc(CCC)cn3)CC2)CC1.CCCc1ccc(C2CCC([C@H]3CC[C@H](CCC)CC3)CC2)nc1. The quantitative estimate of drug-likeness (QED) is 0.212. The Hall–Kier alpha value is -1.70. The second-order valence-corrected chi connectivity index (χ2v) is 17.4. The van der Waals surface area contributed by atoms with E-state index in [0.29, 0.717) is 0 Å². The molecule has 49 heavy (non-hydrogen) atoms. The Balaban J connectivity index is 0.000000191. The summed E-state index contributed by atoms with van der Waals surface area (Å²) in [7, 11) is 0. The molecule has 0 aliphatic heterocycles. The molecule has 2 aromatic heterocycles. The van der Waals surface area contributed by atoms with Gasteiger partial charge in [-0.3, -0.25) is 9.97 Å². The number of hydrogen-bond acceptors (Lipinski definition) is 2. The van der Waals surface area contributed by atoms with Crippen LogP contribution in [-0.2, 0) is 12.8 Å². The molecule has 4 saturated carbocycles. The van der Waals surface area contributed by atoms with Crippen molar-refractivity contribution < 1.29 is 0 Å². The van der Waals surface area contributed by atoms with Gasteiger partial charge in [0.15, 0.2) is 0 Å². The number of nitrogens with zero attached hydrogens (tertiary/aromatic N) is 2. The maximum atomic E-state index is 4.80. The van der Waals surface area contributed by atoms with Crippen LogP contribution in [0.5, 0.6) is 0 Å². The molecule has 4 aliphatic carbocycles. The highest BCUT2D eigenvalue weighted by atomic mass is 14.7. The first-order chi connectivity index (χ1) is 24.1. The van der Waals surface area contributed by atoms with E-state index in [2.05, 4.69) is 64.4 Å². The first kappa shape index (κ1) is 38.5. The smallest absolute Gasteiger partial charge is 0.0434 e. The van der Waals surface area contributed by atoms with E-state index >= 15 is 0 Å². The van der Waals surface area contributed by atoms with Gasteiger partial charge in [-0.05, 0) is 149 Å². The zero-order chi connectivity index (χ0) is 34.3. The Morgan fingerprint density at radius 3 is 1.14 bits per heavy atom. The van der Waals surface area contributed by atoms with Gasteiger partial charge in [0.1, 0.15) is 0 Å². The van der Waals surface area contributed by atoms with Crippen LogP contribution in [0.15, 0.2) is 36.7 Å². The normalized spacial score (nSPS) is 30.7. The van der Waals surface area contributed by atoms with Crippen molar-refractivity contribution in [3.8, 4) is 0 Å². The molecule has 0 amide bonds. The van der Waals surface area contributed by atoms with Crippen molar-refractivity contribution in [3.63, 3.8) is 0 Å². The van der Waals surface area contributed by atoms with Crippen molar-refractivity contribution in [1.82, 2.24) is 9.97 Å². The molecule has 0 unspecified atom stereocenters. The van der Waals surface area contributed by atoms with E-state index in [9.17, 15) is 0 Å². The van der Waals surface area contributed by atoms with Crippen LogP contribution in [-0.4, -0.2) is 9.97 Å². The van der Waals surface area contributed by atoms with E-state index in [1.807, 2.05) is 0 Å². The molecule has 2 nitrogen and oxygen atoms in total. The monoisotopic (exact) mass is 669 g/mol. The van der Waals surface area contributed by atoms with Crippen LogP contribution in [0.1, 0.15) is 210 Å². The van der Waals surface area contributed by atoms with Crippen LogP contribution >= 0.6 is 0 Å². The highest BCUT2D eigenvalue weighted by Gasteiger charge is 2.33. The Morgan fingerprint density at radius 2 is 0.816 bits per heavy atom. The largest absolute Gasteiger partial charge is 0.261 e. The molecule has 0 N–H and O–H groups in total. The fourth-order valence-electron chi connectivity index (χ4n) is 10.8. The molecule has 2 heterocycles. The maximum Gasteiger partial charge on any atom is 0.0434 e. The van der Waals surface area contributed by atoms with Crippen molar-refractivity contribution in [2.45, 2.75) is 200 Å². The van der Waals surface area contributed by atoms with E-state index in [1.54, 1.807) is 0 Å². The number of rotatable bonds is 13. The van der Waals surface area contributed by atoms with Gasteiger partial charge in [0.05, 0.1) is 0 Å². The summed E-state index contributed by atoms with van der Waals surface area (Å²) in [5.41, 5.74) is 5.53. The van der Waals surface area contributed by atoms with Gasteiger partial charge in [0, 0.05) is 35.6 Å². The van der Waals surface area contributed by atoms with E-state index < -0.39 is 0 Å². The van der Waals surface area contributed by atoms with Crippen LogP contribution in [0, 0.1) is 35.5 Å². The topological polar surface area (TPSA) is 25.8 Å². The Morgan fingerprint density at radius 1 is 0.429 bits per heavy atom. The number of aromatic nitrogens is 2. The summed E-state index contributed by atoms with van der Waals surface area (Å²) in [6.45, 7) is 9.16. The van der Waals surface area contributed by atoms with Crippen molar-refractivity contribution in [2.75, 3.05) is 0 Å². The standard InChI is InChI=1S/C24H39N.C23H37N/c1-3-5-7-19-8-11-21(12-9-19)22-13-15-23(16-14-22)24-17-10-20(6-4-2)18-25-24;1-3-5-18-7-10-20(11-8-18)21-12-14-22(15-13-21)23-16-9-19(6-4-2)17-24-23/h10,17-19,21-23H,3-9,11-16H2,1-2H3;9,16-18,20-22H,3-8,10-15H2,1-2H3/t19-,21-,22?,23?;18-,20-,21?,22?. The summed E-state index contributed by atoms with van der Waals surface area (Å²) in [5.74, 6) is 7.68. The number of aryl methyl sites for hydroxylation is 2. The summed E-state index contributed by atoms with van der Waals surface area (Å²) < 4.78 is 0. The van der Waals surface area contributed by atoms with Gasteiger partial charge in [-0.25, -0.2) is 0 Å². The lowest BCUT2D eigenvalue weighted by Crippen LogP contribution is -2.25. The van der Waals surface area contributed by atoms with Crippen LogP contribution in [0.4, 0.5) is 0 Å². The summed E-state index contributed by atoms with van der Waals surface area (Å²) >= 11 is 0. The Bertz CT molecular complexity index is 1120. The molecule has 0 saturated heterocycles. The highest BCUT2D eigenvalue weighted by molar-refractivity contribution is 5.18. The van der Waals surface area contributed by atoms with Crippen LogP contribution in [0.25, 0.3) is 0 Å². The molecule has 0 spiro atoms. The van der Waals surface area contributed by atoms with Crippen LogP contribution in [0.2, 0.25) is 0 Å². The van der Waals surface area contributed by atoms with E-state index in [4.69, 9.17) is 9.97 Å². The van der Waals surface area contributed by atoms with Gasteiger partial charge in [-0.15, -0.1) is 0 Å². The first-order valence-electron chi connectivity index (χ1n) is 22.0. The van der Waals surface area contributed by atoms with E-state index in [1.165, 1.54) is 183 Å². The molecule has 274 valence electrons. The van der Waals surface area contributed by atoms with Crippen molar-refractivity contribution in [2.24, 2.45) is 35.5 Å². The first-order valence-corrected chi connectivity index (χ1v) is 22.0. The molecule has 4 aliphatic rings. The Labute approximate surface area is 303 Å². The zero-order valence-corrected chi connectivity index (χ0v) is 32.7. The summed E-state index contributed by atoms with van der Waals surface area (Å²) in [6.07, 6.45) is 39.6. The third kappa shape index (κ3) is 11.9. The summed E-state index contributed by atoms with van der Waals surface area (Å²) in [6, 6.07) is 9.25. The van der Waals surface area contributed by atoms with Crippen molar-refractivity contribution in [1.29, 1.82) is 0 Å². The molecular weight excluding hydrogens is 593 g/mol. The predicted octanol–water partition coefficient (Wildman–Crippen LogP) is 14.2. The lowest BCUT2D eigenvalue weighted by Gasteiger charge is -2.37. The molecule has 0 atom stereocenters. The van der Waals surface area contributed by atoms with Gasteiger partial charge >= 0.3 is 0 Å². The predicted molar refractivity (Wildman–Crippen MR) is 211 cm³/mol. The zero-order valence-electron chi connectivity index (χ0n) is 32.7. The molecule has 2 heteroatoms.